The lowest BCUT2D eigenvalue weighted by molar-refractivity contribution is -0.137. The van der Waals surface area contributed by atoms with Gasteiger partial charge in [0, 0.05) is 11.7 Å². The minimum Gasteiger partial charge on any atom is -0.480 e. The van der Waals surface area contributed by atoms with Crippen LogP contribution in [0.2, 0.25) is 0 Å². The molecular formula is C20H21N5O4. The maximum atomic E-state index is 12.6. The Morgan fingerprint density at radius 3 is 2.97 bits per heavy atom. The molecule has 2 aromatic heterocycles. The van der Waals surface area contributed by atoms with Crippen LogP contribution in [-0.4, -0.2) is 38.0 Å². The van der Waals surface area contributed by atoms with Gasteiger partial charge in [-0.2, -0.15) is 0 Å². The molecule has 0 fully saturated rings. The van der Waals surface area contributed by atoms with Crippen LogP contribution in [0.15, 0.2) is 47.2 Å². The highest BCUT2D eigenvalue weighted by atomic mass is 16.4. The number of nitrogens with one attached hydrogen (secondary N) is 1. The first-order chi connectivity index (χ1) is 14.0. The zero-order valence-electron chi connectivity index (χ0n) is 15.9. The number of carboxylic acids is 1. The number of nitrogens with zero attached hydrogens (tertiary/aromatic N) is 4. The van der Waals surface area contributed by atoms with E-state index in [1.807, 2.05) is 12.1 Å². The number of benzene rings is 1. The van der Waals surface area contributed by atoms with Gasteiger partial charge in [0.05, 0.1) is 31.1 Å². The van der Waals surface area contributed by atoms with Crippen molar-refractivity contribution in [3.05, 3.63) is 65.4 Å². The predicted octanol–water partition coefficient (Wildman–Crippen LogP) is 1.84. The molecule has 150 valence electrons. The van der Waals surface area contributed by atoms with Gasteiger partial charge in [-0.05, 0) is 31.0 Å². The minimum absolute atomic E-state index is 0.145. The van der Waals surface area contributed by atoms with E-state index in [1.165, 1.54) is 22.7 Å². The second kappa shape index (κ2) is 7.78. The summed E-state index contributed by atoms with van der Waals surface area (Å²) in [6, 6.07) is 10.2. The van der Waals surface area contributed by atoms with Gasteiger partial charge < -0.3 is 19.7 Å². The third-order valence-electron chi connectivity index (χ3n) is 4.97. The number of carbonyl (C=O) groups excluding carboxylic acids is 1. The van der Waals surface area contributed by atoms with Crippen molar-refractivity contribution < 1.29 is 19.1 Å². The first kappa shape index (κ1) is 18.7. The summed E-state index contributed by atoms with van der Waals surface area (Å²) in [5.74, 6) is -0.687. The van der Waals surface area contributed by atoms with Gasteiger partial charge >= 0.3 is 5.97 Å². The van der Waals surface area contributed by atoms with Crippen molar-refractivity contribution >= 4 is 17.6 Å². The first-order valence-corrected chi connectivity index (χ1v) is 9.31. The third-order valence-corrected chi connectivity index (χ3v) is 4.97. The van der Waals surface area contributed by atoms with Gasteiger partial charge in [0.15, 0.2) is 0 Å². The summed E-state index contributed by atoms with van der Waals surface area (Å²) in [5.41, 5.74) is 3.41. The molecule has 1 aliphatic heterocycles. The van der Waals surface area contributed by atoms with Crippen LogP contribution >= 0.6 is 0 Å². The van der Waals surface area contributed by atoms with E-state index in [9.17, 15) is 9.59 Å². The molecule has 2 N–H and O–H groups in total. The second-order valence-corrected chi connectivity index (χ2v) is 7.05. The molecule has 3 heterocycles. The Morgan fingerprint density at radius 2 is 2.14 bits per heavy atom. The van der Waals surface area contributed by atoms with Crippen molar-refractivity contribution in [2.24, 2.45) is 0 Å². The molecule has 1 unspecified atom stereocenters. The van der Waals surface area contributed by atoms with Crippen LogP contribution < -0.4 is 10.2 Å². The van der Waals surface area contributed by atoms with E-state index in [0.717, 1.165) is 12.1 Å². The van der Waals surface area contributed by atoms with Crippen LogP contribution in [0, 0.1) is 0 Å². The summed E-state index contributed by atoms with van der Waals surface area (Å²) in [5, 5.41) is 19.1. The lowest BCUT2D eigenvalue weighted by Gasteiger charge is -2.24. The molecule has 29 heavy (non-hydrogen) atoms. The summed E-state index contributed by atoms with van der Waals surface area (Å²) in [7, 11) is 0. The highest BCUT2D eigenvalue weighted by Gasteiger charge is 2.28. The molecule has 0 aliphatic carbocycles. The fraction of sp³-hybridized carbons (Fsp3) is 0.300. The van der Waals surface area contributed by atoms with Gasteiger partial charge in [-0.25, -0.2) is 4.68 Å². The average Bonchev–Trinajstić information content (AvgIpc) is 3.40. The van der Waals surface area contributed by atoms with Gasteiger partial charge in [0.1, 0.15) is 18.0 Å². The maximum absolute atomic E-state index is 12.6. The SMILES string of the molecule is CC1Cc2ccccc2N1Cc1occc1C(=O)NCc1cn(CC(=O)O)nn1. The lowest BCUT2D eigenvalue weighted by atomic mass is 10.1. The Morgan fingerprint density at radius 1 is 1.31 bits per heavy atom. The van der Waals surface area contributed by atoms with Crippen molar-refractivity contribution in [3.8, 4) is 0 Å². The quantitative estimate of drug-likeness (QED) is 0.627. The van der Waals surface area contributed by atoms with Crippen molar-refractivity contribution in [3.63, 3.8) is 0 Å². The molecule has 1 aliphatic rings. The normalized spacial score (nSPS) is 15.3. The third kappa shape index (κ3) is 3.98. The number of aromatic nitrogens is 3. The number of carboxylic acid groups (broad SMARTS) is 1. The molecule has 0 bridgehead atoms. The molecule has 0 saturated heterocycles. The summed E-state index contributed by atoms with van der Waals surface area (Å²) in [6.45, 7) is 2.53. The molecule has 0 spiro atoms. The summed E-state index contributed by atoms with van der Waals surface area (Å²) < 4.78 is 6.82. The number of hydrogen-bond donors (Lipinski definition) is 2. The number of hydrogen-bond acceptors (Lipinski definition) is 6. The number of amides is 1. The van der Waals surface area contributed by atoms with E-state index in [4.69, 9.17) is 9.52 Å². The number of anilines is 1. The van der Waals surface area contributed by atoms with Crippen molar-refractivity contribution in [2.45, 2.75) is 39.0 Å². The smallest absolute Gasteiger partial charge is 0.325 e. The number of furan rings is 1. The van der Waals surface area contributed by atoms with Crippen LogP contribution in [0.5, 0.6) is 0 Å². The maximum Gasteiger partial charge on any atom is 0.325 e. The highest BCUT2D eigenvalue weighted by molar-refractivity contribution is 5.95. The summed E-state index contributed by atoms with van der Waals surface area (Å²) >= 11 is 0. The van der Waals surface area contributed by atoms with Crippen LogP contribution in [0.3, 0.4) is 0 Å². The van der Waals surface area contributed by atoms with Gasteiger partial charge in [-0.15, -0.1) is 5.10 Å². The number of aliphatic carboxylic acids is 1. The molecule has 4 rings (SSSR count). The Bertz CT molecular complexity index is 1040. The van der Waals surface area contributed by atoms with Gasteiger partial charge in [0.2, 0.25) is 0 Å². The van der Waals surface area contributed by atoms with E-state index in [-0.39, 0.29) is 19.0 Å². The number of rotatable bonds is 7. The largest absolute Gasteiger partial charge is 0.480 e. The Hall–Kier alpha value is -3.62. The van der Waals surface area contributed by atoms with Crippen LogP contribution in [0.4, 0.5) is 5.69 Å². The van der Waals surface area contributed by atoms with E-state index in [1.54, 1.807) is 6.07 Å². The minimum atomic E-state index is -1.01. The summed E-state index contributed by atoms with van der Waals surface area (Å²) in [4.78, 5) is 25.6. The standard InChI is InChI=1S/C20H21N5O4/c1-13-8-14-4-2-3-5-17(14)25(13)11-18-16(6-7-29-18)20(28)21-9-15-10-24(23-22-15)12-19(26)27/h2-7,10,13H,8-9,11-12H2,1H3,(H,21,28)(H,26,27). The summed E-state index contributed by atoms with van der Waals surface area (Å²) in [6.07, 6.45) is 3.97. The van der Waals surface area contributed by atoms with Gasteiger partial charge in [-0.1, -0.05) is 23.4 Å². The molecule has 9 nitrogen and oxygen atoms in total. The predicted molar refractivity (Wildman–Crippen MR) is 103 cm³/mol. The number of fused-ring (bicyclic) bond motifs is 1. The number of carbonyl (C=O) groups is 2. The molecule has 1 amide bonds. The van der Waals surface area contributed by atoms with E-state index in [0.29, 0.717) is 29.6 Å². The highest BCUT2D eigenvalue weighted by Crippen LogP contribution is 2.33. The first-order valence-electron chi connectivity index (χ1n) is 9.31. The van der Waals surface area contributed by atoms with Crippen LogP contribution in [0.1, 0.15) is 34.3 Å². The number of para-hydroxylation sites is 1. The van der Waals surface area contributed by atoms with Crippen molar-refractivity contribution in [2.75, 3.05) is 4.90 Å². The fourth-order valence-corrected chi connectivity index (χ4v) is 3.59. The molecule has 1 atom stereocenters. The second-order valence-electron chi connectivity index (χ2n) is 7.05. The van der Waals surface area contributed by atoms with E-state index in [2.05, 4.69) is 39.6 Å². The zero-order chi connectivity index (χ0) is 20.4. The van der Waals surface area contributed by atoms with Gasteiger partial charge in [-0.3, -0.25) is 9.59 Å². The molecule has 3 aromatic rings. The monoisotopic (exact) mass is 395 g/mol. The molecule has 9 heteroatoms. The lowest BCUT2D eigenvalue weighted by Crippen LogP contribution is -2.30. The van der Waals surface area contributed by atoms with Crippen molar-refractivity contribution in [1.29, 1.82) is 0 Å². The topological polar surface area (TPSA) is 113 Å². The van der Waals surface area contributed by atoms with E-state index >= 15 is 0 Å². The van der Waals surface area contributed by atoms with Crippen LogP contribution in [0.25, 0.3) is 0 Å². The van der Waals surface area contributed by atoms with E-state index < -0.39 is 5.97 Å². The average molecular weight is 395 g/mol. The molecular weight excluding hydrogens is 374 g/mol. The van der Waals surface area contributed by atoms with Gasteiger partial charge in [0.25, 0.3) is 5.91 Å². The zero-order valence-corrected chi connectivity index (χ0v) is 15.9. The fourth-order valence-electron chi connectivity index (χ4n) is 3.59. The molecule has 0 radical (unpaired) electrons. The molecule has 0 saturated carbocycles. The van der Waals surface area contributed by atoms with Crippen LogP contribution in [-0.2, 0) is 30.8 Å². The Labute approximate surface area is 166 Å². The molecule has 1 aromatic carbocycles. The Balaban J connectivity index is 1.42. The van der Waals surface area contributed by atoms with Crippen molar-refractivity contribution in [1.82, 2.24) is 20.3 Å². The Kier molecular flexibility index (Phi) is 5.03.